The molecule has 0 spiro atoms. The number of aliphatic carboxylic acids is 1. The molecule has 0 fully saturated rings. The van der Waals surface area contributed by atoms with Crippen molar-refractivity contribution < 1.29 is 19.4 Å². The fraction of sp³-hybridized carbons (Fsp3) is 0.125. The highest BCUT2D eigenvalue weighted by atomic mass is 16.5. The number of amides is 1. The lowest BCUT2D eigenvalue weighted by molar-refractivity contribution is -0.137. The van der Waals surface area contributed by atoms with Crippen molar-refractivity contribution >= 4 is 11.9 Å². The SMILES string of the molecule is O=C(O)CN1Cc2ccc(Oc3ccccc3)cc2C1=O. The number of carbonyl (C=O) groups is 2. The number of para-hydroxylation sites is 1. The monoisotopic (exact) mass is 283 g/mol. The Morgan fingerprint density at radius 1 is 1.14 bits per heavy atom. The van der Waals surface area contributed by atoms with Gasteiger partial charge in [-0.15, -0.1) is 0 Å². The van der Waals surface area contributed by atoms with Gasteiger partial charge < -0.3 is 14.7 Å². The molecule has 0 bridgehead atoms. The number of hydrogen-bond donors (Lipinski definition) is 1. The highest BCUT2D eigenvalue weighted by Gasteiger charge is 2.29. The first-order valence-electron chi connectivity index (χ1n) is 6.50. The topological polar surface area (TPSA) is 66.8 Å². The third-order valence-corrected chi connectivity index (χ3v) is 3.27. The lowest BCUT2D eigenvalue weighted by atomic mass is 10.1. The summed E-state index contributed by atoms with van der Waals surface area (Å²) in [4.78, 5) is 24.2. The number of ether oxygens (including phenoxy) is 1. The van der Waals surface area contributed by atoms with Crippen LogP contribution in [0.25, 0.3) is 0 Å². The van der Waals surface area contributed by atoms with Crippen LogP contribution < -0.4 is 4.74 Å². The molecular formula is C16H13NO4. The number of carboxylic acid groups (broad SMARTS) is 1. The van der Waals surface area contributed by atoms with Gasteiger partial charge in [0.1, 0.15) is 18.0 Å². The van der Waals surface area contributed by atoms with E-state index in [1.165, 1.54) is 4.90 Å². The number of rotatable bonds is 4. The number of benzene rings is 2. The van der Waals surface area contributed by atoms with Crippen LogP contribution in [0, 0.1) is 0 Å². The Hall–Kier alpha value is -2.82. The summed E-state index contributed by atoms with van der Waals surface area (Å²) >= 11 is 0. The number of fused-ring (bicyclic) bond motifs is 1. The molecule has 5 nitrogen and oxygen atoms in total. The second-order valence-corrected chi connectivity index (χ2v) is 4.79. The molecule has 0 aromatic heterocycles. The summed E-state index contributed by atoms with van der Waals surface area (Å²) in [6, 6.07) is 14.5. The van der Waals surface area contributed by atoms with Crippen LogP contribution in [0.1, 0.15) is 15.9 Å². The van der Waals surface area contributed by atoms with Gasteiger partial charge in [-0.3, -0.25) is 9.59 Å². The van der Waals surface area contributed by atoms with E-state index in [1.54, 1.807) is 18.2 Å². The lowest BCUT2D eigenvalue weighted by Gasteiger charge is -2.11. The fourth-order valence-electron chi connectivity index (χ4n) is 2.32. The van der Waals surface area contributed by atoms with Gasteiger partial charge in [0.15, 0.2) is 0 Å². The summed E-state index contributed by atoms with van der Waals surface area (Å²) in [6.07, 6.45) is 0. The van der Waals surface area contributed by atoms with Crippen molar-refractivity contribution in [2.24, 2.45) is 0 Å². The molecule has 2 aromatic carbocycles. The molecule has 0 radical (unpaired) electrons. The van der Waals surface area contributed by atoms with Gasteiger partial charge in [0, 0.05) is 12.1 Å². The predicted molar refractivity (Wildman–Crippen MR) is 75.3 cm³/mol. The van der Waals surface area contributed by atoms with Crippen LogP contribution in [0.5, 0.6) is 11.5 Å². The molecule has 0 saturated heterocycles. The van der Waals surface area contributed by atoms with E-state index in [9.17, 15) is 9.59 Å². The van der Waals surface area contributed by atoms with Crippen molar-refractivity contribution in [3.05, 3.63) is 59.7 Å². The van der Waals surface area contributed by atoms with E-state index in [1.807, 2.05) is 30.3 Å². The molecule has 1 amide bonds. The first-order valence-corrected chi connectivity index (χ1v) is 6.50. The van der Waals surface area contributed by atoms with E-state index >= 15 is 0 Å². The third-order valence-electron chi connectivity index (χ3n) is 3.27. The van der Waals surface area contributed by atoms with E-state index in [0.717, 1.165) is 5.56 Å². The third kappa shape index (κ3) is 2.72. The molecule has 106 valence electrons. The van der Waals surface area contributed by atoms with Crippen LogP contribution in [-0.2, 0) is 11.3 Å². The van der Waals surface area contributed by atoms with Crippen LogP contribution in [0.3, 0.4) is 0 Å². The number of hydrogen-bond acceptors (Lipinski definition) is 3. The van der Waals surface area contributed by atoms with Gasteiger partial charge in [0.05, 0.1) is 0 Å². The molecule has 21 heavy (non-hydrogen) atoms. The lowest BCUT2D eigenvalue weighted by Crippen LogP contribution is -2.29. The average molecular weight is 283 g/mol. The predicted octanol–water partition coefficient (Wildman–Crippen LogP) is 2.52. The maximum Gasteiger partial charge on any atom is 0.323 e. The number of carbonyl (C=O) groups excluding carboxylic acids is 1. The Kier molecular flexibility index (Phi) is 3.31. The minimum Gasteiger partial charge on any atom is -0.480 e. The molecule has 5 heteroatoms. The zero-order valence-electron chi connectivity index (χ0n) is 11.2. The van der Waals surface area contributed by atoms with Crippen molar-refractivity contribution in [1.82, 2.24) is 4.90 Å². The van der Waals surface area contributed by atoms with Gasteiger partial charge in [-0.05, 0) is 29.8 Å². The Balaban J connectivity index is 1.82. The minimum atomic E-state index is -1.02. The van der Waals surface area contributed by atoms with Gasteiger partial charge in [-0.25, -0.2) is 0 Å². The van der Waals surface area contributed by atoms with Gasteiger partial charge in [-0.2, -0.15) is 0 Å². The van der Waals surface area contributed by atoms with E-state index in [-0.39, 0.29) is 12.5 Å². The maximum absolute atomic E-state index is 12.1. The number of nitrogens with zero attached hydrogens (tertiary/aromatic N) is 1. The maximum atomic E-state index is 12.1. The highest BCUT2D eigenvalue weighted by Crippen LogP contribution is 2.29. The zero-order chi connectivity index (χ0) is 14.8. The first kappa shape index (κ1) is 13.2. The Bertz CT molecular complexity index is 697. The largest absolute Gasteiger partial charge is 0.480 e. The van der Waals surface area contributed by atoms with E-state index in [0.29, 0.717) is 23.6 Å². The molecule has 1 N–H and O–H groups in total. The number of carboxylic acids is 1. The summed E-state index contributed by atoms with van der Waals surface area (Å²) in [5, 5.41) is 8.80. The smallest absolute Gasteiger partial charge is 0.323 e. The second-order valence-electron chi connectivity index (χ2n) is 4.79. The molecule has 1 heterocycles. The van der Waals surface area contributed by atoms with Crippen molar-refractivity contribution in [2.75, 3.05) is 6.54 Å². The van der Waals surface area contributed by atoms with Crippen molar-refractivity contribution in [3.63, 3.8) is 0 Å². The molecule has 2 aromatic rings. The van der Waals surface area contributed by atoms with Crippen LogP contribution >= 0.6 is 0 Å². The zero-order valence-corrected chi connectivity index (χ0v) is 11.2. The first-order chi connectivity index (χ1) is 10.1. The second kappa shape index (κ2) is 5.28. The Labute approximate surface area is 121 Å². The van der Waals surface area contributed by atoms with Crippen LogP contribution in [-0.4, -0.2) is 28.4 Å². The molecule has 0 aliphatic carbocycles. The van der Waals surface area contributed by atoms with E-state index in [2.05, 4.69) is 0 Å². The summed E-state index contributed by atoms with van der Waals surface area (Å²) in [5.74, 6) is -0.0430. The summed E-state index contributed by atoms with van der Waals surface area (Å²) in [7, 11) is 0. The normalized spacial score (nSPS) is 13.1. The quantitative estimate of drug-likeness (QED) is 0.936. The molecule has 0 unspecified atom stereocenters. The van der Waals surface area contributed by atoms with E-state index < -0.39 is 5.97 Å². The summed E-state index contributed by atoms with van der Waals surface area (Å²) in [6.45, 7) is 0.0362. The standard InChI is InChI=1S/C16H13NO4/c18-15(19)10-17-9-11-6-7-13(8-14(11)16(17)20)21-12-4-2-1-3-5-12/h1-8H,9-10H2,(H,18,19). The highest BCUT2D eigenvalue weighted by molar-refractivity contribution is 6.00. The Morgan fingerprint density at radius 3 is 2.62 bits per heavy atom. The average Bonchev–Trinajstić information content (AvgIpc) is 2.76. The van der Waals surface area contributed by atoms with Gasteiger partial charge in [-0.1, -0.05) is 24.3 Å². The minimum absolute atomic E-state index is 0.272. The molecule has 1 aliphatic heterocycles. The van der Waals surface area contributed by atoms with Crippen molar-refractivity contribution in [1.29, 1.82) is 0 Å². The van der Waals surface area contributed by atoms with Gasteiger partial charge >= 0.3 is 5.97 Å². The fourth-order valence-corrected chi connectivity index (χ4v) is 2.32. The van der Waals surface area contributed by atoms with Crippen LogP contribution in [0.2, 0.25) is 0 Å². The summed E-state index contributed by atoms with van der Waals surface area (Å²) in [5.41, 5.74) is 1.33. The molecule has 3 rings (SSSR count). The molecule has 1 aliphatic rings. The van der Waals surface area contributed by atoms with Crippen LogP contribution in [0.15, 0.2) is 48.5 Å². The van der Waals surface area contributed by atoms with Crippen molar-refractivity contribution in [2.45, 2.75) is 6.54 Å². The van der Waals surface area contributed by atoms with Crippen LogP contribution in [0.4, 0.5) is 0 Å². The van der Waals surface area contributed by atoms with Gasteiger partial charge in [0.25, 0.3) is 5.91 Å². The van der Waals surface area contributed by atoms with E-state index in [4.69, 9.17) is 9.84 Å². The van der Waals surface area contributed by atoms with Crippen molar-refractivity contribution in [3.8, 4) is 11.5 Å². The molecular weight excluding hydrogens is 270 g/mol. The Morgan fingerprint density at radius 2 is 1.90 bits per heavy atom. The summed E-state index contributed by atoms with van der Waals surface area (Å²) < 4.78 is 5.68. The molecule has 0 saturated carbocycles. The van der Waals surface area contributed by atoms with Gasteiger partial charge in [0.2, 0.25) is 0 Å². The molecule has 0 atom stereocenters.